The lowest BCUT2D eigenvalue weighted by Crippen LogP contribution is -2.12. The molecular weight excluding hydrogens is 381 g/mol. The Morgan fingerprint density at radius 2 is 1.90 bits per heavy atom. The quantitative estimate of drug-likeness (QED) is 0.497. The van der Waals surface area contributed by atoms with Gasteiger partial charge in [0, 0.05) is 12.5 Å². The Labute approximate surface area is 162 Å². The fourth-order valence-corrected chi connectivity index (χ4v) is 2.66. The van der Waals surface area contributed by atoms with Crippen molar-refractivity contribution in [3.05, 3.63) is 65.6 Å². The molecule has 0 aliphatic rings. The number of nitrogens with zero attached hydrogens (tertiary/aromatic N) is 4. The number of hydrogen-bond donors (Lipinski definition) is 1. The molecule has 3 aromatic heterocycles. The van der Waals surface area contributed by atoms with E-state index in [4.69, 9.17) is 14.6 Å². The Kier molecular flexibility index (Phi) is 4.51. The van der Waals surface area contributed by atoms with E-state index < -0.39 is 11.7 Å². The smallest absolute Gasteiger partial charge is 0.271 e. The molecule has 0 aliphatic heterocycles. The normalized spacial score (nSPS) is 11.0. The molecule has 29 heavy (non-hydrogen) atoms. The molecule has 0 unspecified atom stereocenters. The number of ketones is 1. The van der Waals surface area contributed by atoms with Crippen LogP contribution in [0.15, 0.2) is 51.4 Å². The van der Waals surface area contributed by atoms with Crippen LogP contribution in [0.5, 0.6) is 0 Å². The summed E-state index contributed by atoms with van der Waals surface area (Å²) in [4.78, 5) is 28.5. The topological polar surface area (TPSA) is 130 Å². The highest BCUT2D eigenvalue weighted by molar-refractivity contribution is 5.97. The molecule has 0 saturated carbocycles. The number of amides is 1. The Hall–Kier alpha value is -4.08. The minimum absolute atomic E-state index is 0.0354. The molecule has 0 radical (unpaired) electrons. The first kappa shape index (κ1) is 18.3. The molecule has 0 aliphatic carbocycles. The summed E-state index contributed by atoms with van der Waals surface area (Å²) in [5.74, 6) is -0.517. The number of primary amides is 1. The van der Waals surface area contributed by atoms with Crippen molar-refractivity contribution in [2.75, 3.05) is 0 Å². The number of aromatic nitrogens is 4. The average Bonchev–Trinajstić information content (AvgIpc) is 3.41. The number of halogens is 1. The van der Waals surface area contributed by atoms with Crippen LogP contribution in [0.3, 0.4) is 0 Å². The minimum Gasteiger partial charge on any atom is -0.456 e. The van der Waals surface area contributed by atoms with Crippen LogP contribution in [-0.4, -0.2) is 31.7 Å². The summed E-state index contributed by atoms with van der Waals surface area (Å²) in [6, 6.07) is 8.60. The summed E-state index contributed by atoms with van der Waals surface area (Å²) in [5.41, 5.74) is 6.00. The fourth-order valence-electron chi connectivity index (χ4n) is 2.66. The molecule has 0 spiro atoms. The van der Waals surface area contributed by atoms with E-state index in [1.54, 1.807) is 12.1 Å². The van der Waals surface area contributed by atoms with Crippen molar-refractivity contribution in [1.82, 2.24) is 20.0 Å². The maximum Gasteiger partial charge on any atom is 0.271 e. The van der Waals surface area contributed by atoms with Gasteiger partial charge in [0.15, 0.2) is 28.7 Å². The summed E-state index contributed by atoms with van der Waals surface area (Å²) < 4.78 is 24.2. The maximum atomic E-state index is 13.2. The van der Waals surface area contributed by atoms with E-state index in [1.807, 2.05) is 0 Å². The number of benzene rings is 1. The van der Waals surface area contributed by atoms with Crippen molar-refractivity contribution in [3.63, 3.8) is 0 Å². The summed E-state index contributed by atoms with van der Waals surface area (Å²) in [7, 11) is 0. The van der Waals surface area contributed by atoms with Gasteiger partial charge >= 0.3 is 0 Å². The minimum atomic E-state index is -0.793. The van der Waals surface area contributed by atoms with Gasteiger partial charge in [-0.3, -0.25) is 9.59 Å². The lowest BCUT2D eigenvalue weighted by Gasteiger charge is -1.98. The predicted molar refractivity (Wildman–Crippen MR) is 97.2 cm³/mol. The van der Waals surface area contributed by atoms with Crippen LogP contribution in [0.2, 0.25) is 0 Å². The zero-order chi connectivity index (χ0) is 20.5. The number of nitrogens with two attached hydrogens (primary N) is 1. The third-order valence-corrected chi connectivity index (χ3v) is 4.03. The number of hydrogen-bond acceptors (Lipinski definition) is 7. The van der Waals surface area contributed by atoms with Gasteiger partial charge < -0.3 is 14.6 Å². The van der Waals surface area contributed by atoms with E-state index in [0.29, 0.717) is 11.3 Å². The summed E-state index contributed by atoms with van der Waals surface area (Å²) in [5, 5.41) is 8.35. The van der Waals surface area contributed by atoms with Crippen LogP contribution in [0, 0.1) is 5.82 Å². The van der Waals surface area contributed by atoms with Crippen LogP contribution < -0.4 is 5.73 Å². The van der Waals surface area contributed by atoms with Crippen molar-refractivity contribution in [2.45, 2.75) is 13.5 Å². The van der Waals surface area contributed by atoms with Gasteiger partial charge in [0.05, 0.1) is 6.20 Å². The van der Waals surface area contributed by atoms with Crippen molar-refractivity contribution in [1.29, 1.82) is 0 Å². The van der Waals surface area contributed by atoms with Gasteiger partial charge in [0.1, 0.15) is 18.1 Å². The second-order valence-corrected chi connectivity index (χ2v) is 6.15. The number of rotatable bonds is 6. The Morgan fingerprint density at radius 3 is 2.55 bits per heavy atom. The molecule has 10 heteroatoms. The Bertz CT molecular complexity index is 1210. The Balaban J connectivity index is 1.63. The molecular formula is C19H14FN5O4. The van der Waals surface area contributed by atoms with Gasteiger partial charge in [-0.15, -0.1) is 5.10 Å². The molecule has 3 heterocycles. The highest BCUT2D eigenvalue weighted by Crippen LogP contribution is 2.29. The fraction of sp³-hybridized carbons (Fsp3) is 0.105. The van der Waals surface area contributed by atoms with E-state index >= 15 is 0 Å². The number of carbonyl (C=O) groups excluding carboxylic acids is 2. The molecule has 4 aromatic rings. The predicted octanol–water partition coefficient (Wildman–Crippen LogP) is 2.68. The molecule has 1 aromatic carbocycles. The number of Topliss-reactive ketones (excluding diaryl/α,β-unsaturated/α-hetero) is 1. The van der Waals surface area contributed by atoms with Crippen molar-refractivity contribution >= 4 is 11.7 Å². The van der Waals surface area contributed by atoms with Gasteiger partial charge in [-0.25, -0.2) is 9.37 Å². The standard InChI is InChI=1S/C19H14FN5O4/c1-10(26)15-7-6-13(28-15)9-25-22-8-14(24-25)19-23-16(18(21)27)17(29-19)11-2-4-12(20)5-3-11/h2-8H,9H2,1H3,(H2,21,27). The van der Waals surface area contributed by atoms with Crippen molar-refractivity contribution in [3.8, 4) is 22.9 Å². The van der Waals surface area contributed by atoms with Gasteiger partial charge in [0.2, 0.25) is 5.89 Å². The van der Waals surface area contributed by atoms with E-state index in [2.05, 4.69) is 15.2 Å². The molecule has 0 bridgehead atoms. The van der Waals surface area contributed by atoms with Crippen LogP contribution in [-0.2, 0) is 6.54 Å². The van der Waals surface area contributed by atoms with Gasteiger partial charge in [-0.2, -0.15) is 9.90 Å². The number of furan rings is 1. The lowest BCUT2D eigenvalue weighted by atomic mass is 10.1. The second-order valence-electron chi connectivity index (χ2n) is 6.15. The maximum absolute atomic E-state index is 13.2. The summed E-state index contributed by atoms with van der Waals surface area (Å²) >= 11 is 0. The highest BCUT2D eigenvalue weighted by atomic mass is 19.1. The average molecular weight is 395 g/mol. The van der Waals surface area contributed by atoms with Gasteiger partial charge in [-0.1, -0.05) is 0 Å². The summed E-state index contributed by atoms with van der Waals surface area (Å²) in [6.07, 6.45) is 1.40. The van der Waals surface area contributed by atoms with E-state index in [0.717, 1.165) is 0 Å². The SMILES string of the molecule is CC(=O)c1ccc(Cn2ncc(-c3nc(C(N)=O)c(-c4ccc(F)cc4)o3)n2)o1. The van der Waals surface area contributed by atoms with E-state index in [-0.39, 0.29) is 41.1 Å². The van der Waals surface area contributed by atoms with E-state index in [9.17, 15) is 14.0 Å². The van der Waals surface area contributed by atoms with Crippen molar-refractivity contribution in [2.24, 2.45) is 5.73 Å². The summed E-state index contributed by atoms with van der Waals surface area (Å²) in [6.45, 7) is 1.59. The van der Waals surface area contributed by atoms with Crippen LogP contribution >= 0.6 is 0 Å². The third kappa shape index (κ3) is 3.68. The molecule has 1 amide bonds. The molecule has 0 saturated heterocycles. The first-order chi connectivity index (χ1) is 13.9. The molecule has 0 atom stereocenters. The third-order valence-electron chi connectivity index (χ3n) is 4.03. The van der Waals surface area contributed by atoms with E-state index in [1.165, 1.54) is 42.2 Å². The second kappa shape index (κ2) is 7.15. The number of carbonyl (C=O) groups is 2. The first-order valence-electron chi connectivity index (χ1n) is 8.47. The first-order valence-corrected chi connectivity index (χ1v) is 8.47. The van der Waals surface area contributed by atoms with Crippen LogP contribution in [0.1, 0.15) is 33.7 Å². The van der Waals surface area contributed by atoms with Gasteiger partial charge in [-0.05, 0) is 36.4 Å². The Morgan fingerprint density at radius 1 is 1.14 bits per heavy atom. The molecule has 146 valence electrons. The molecule has 4 rings (SSSR count). The molecule has 9 nitrogen and oxygen atoms in total. The zero-order valence-electron chi connectivity index (χ0n) is 15.1. The van der Waals surface area contributed by atoms with Crippen LogP contribution in [0.4, 0.5) is 4.39 Å². The highest BCUT2D eigenvalue weighted by Gasteiger charge is 2.22. The van der Waals surface area contributed by atoms with Crippen molar-refractivity contribution < 1.29 is 22.8 Å². The molecule has 2 N–H and O–H groups in total. The van der Waals surface area contributed by atoms with Crippen LogP contribution in [0.25, 0.3) is 22.9 Å². The van der Waals surface area contributed by atoms with Gasteiger partial charge in [0.25, 0.3) is 5.91 Å². The monoisotopic (exact) mass is 395 g/mol. The largest absolute Gasteiger partial charge is 0.456 e. The zero-order valence-corrected chi connectivity index (χ0v) is 15.1. The molecule has 0 fully saturated rings. The lowest BCUT2D eigenvalue weighted by molar-refractivity contribution is 0.0981. The number of oxazole rings is 1.